The predicted molar refractivity (Wildman–Crippen MR) is 147 cm³/mol. The molecule has 0 spiro atoms. The molecule has 3 aliphatic heterocycles. The molecule has 10 nitrogen and oxygen atoms in total. The maximum absolute atomic E-state index is 14.2. The molecular weight excluding hydrogens is 516 g/mol. The highest BCUT2D eigenvalue weighted by molar-refractivity contribution is 6.14. The van der Waals surface area contributed by atoms with Crippen molar-refractivity contribution >= 4 is 29.3 Å². The molecule has 0 radical (unpaired) electrons. The van der Waals surface area contributed by atoms with E-state index in [2.05, 4.69) is 6.58 Å². The van der Waals surface area contributed by atoms with E-state index < -0.39 is 30.6 Å². The van der Waals surface area contributed by atoms with Crippen LogP contribution in [0.5, 0.6) is 5.75 Å². The fourth-order valence-electron chi connectivity index (χ4n) is 5.48. The number of hydrogen-bond acceptors (Lipinski definition) is 7. The van der Waals surface area contributed by atoms with Gasteiger partial charge in [-0.05, 0) is 62.3 Å². The number of carbonyl (C=O) groups is 3. The van der Waals surface area contributed by atoms with Crippen LogP contribution in [0.4, 0.5) is 16.2 Å². The summed E-state index contributed by atoms with van der Waals surface area (Å²) in [5.41, 5.74) is 3.04. The van der Waals surface area contributed by atoms with Gasteiger partial charge >= 0.3 is 12.1 Å². The minimum Gasteiger partial charge on any atom is -0.493 e. The zero-order valence-electron chi connectivity index (χ0n) is 22.5. The highest BCUT2D eigenvalue weighted by Gasteiger charge is 2.49. The van der Waals surface area contributed by atoms with E-state index in [0.717, 1.165) is 24.1 Å². The number of carboxylic acid groups (broad SMARTS) is 1. The van der Waals surface area contributed by atoms with Crippen LogP contribution in [-0.4, -0.2) is 61.5 Å². The Morgan fingerprint density at radius 3 is 2.77 bits per heavy atom. The average molecular weight is 551 g/mol. The van der Waals surface area contributed by atoms with E-state index in [1.807, 2.05) is 31.2 Å². The standard InChI is InChI=1S/C30H34N2O8/c1-3-13-39-30(36)32-23-18-25(37-15-8-11-26(33)34)19(2)16-21(23)28(35)31-22-10-5-4-9-20(22)17-24(31)29(32)40-27-12-6-7-14-38-27/h3-5,9-10,16,18,24,27,29H,1,6-8,11-15,17H2,2H3,(H,33,34)/t24-,27?,29?/m0/s1. The fraction of sp³-hybridized carbons (Fsp3) is 0.433. The molecule has 5 rings (SSSR count). The molecule has 10 heteroatoms. The largest absolute Gasteiger partial charge is 0.493 e. The number of anilines is 2. The van der Waals surface area contributed by atoms with Gasteiger partial charge in [-0.1, -0.05) is 30.9 Å². The lowest BCUT2D eigenvalue weighted by Crippen LogP contribution is -2.55. The van der Waals surface area contributed by atoms with Gasteiger partial charge in [-0.2, -0.15) is 0 Å². The second-order valence-corrected chi connectivity index (χ2v) is 10.1. The topological polar surface area (TPSA) is 115 Å². The third-order valence-electron chi connectivity index (χ3n) is 7.34. The van der Waals surface area contributed by atoms with Crippen molar-refractivity contribution in [3.63, 3.8) is 0 Å². The Bertz CT molecular complexity index is 1290. The van der Waals surface area contributed by atoms with Crippen LogP contribution in [0.2, 0.25) is 0 Å². The number of fused-ring (bicyclic) bond motifs is 4. The summed E-state index contributed by atoms with van der Waals surface area (Å²) in [6.07, 6.45) is 2.61. The van der Waals surface area contributed by atoms with Gasteiger partial charge in [0, 0.05) is 24.8 Å². The zero-order chi connectivity index (χ0) is 28.2. The van der Waals surface area contributed by atoms with Gasteiger partial charge in [0.1, 0.15) is 12.4 Å². The van der Waals surface area contributed by atoms with Crippen LogP contribution in [0.3, 0.4) is 0 Å². The maximum Gasteiger partial charge on any atom is 0.416 e. The molecule has 212 valence electrons. The molecule has 3 aliphatic rings. The molecule has 2 unspecified atom stereocenters. The number of aryl methyl sites for hydroxylation is 1. The lowest BCUT2D eigenvalue weighted by Gasteiger charge is -2.38. The van der Waals surface area contributed by atoms with Gasteiger partial charge < -0.3 is 29.0 Å². The van der Waals surface area contributed by atoms with Crippen LogP contribution < -0.4 is 14.5 Å². The van der Waals surface area contributed by atoms with Crippen LogP contribution in [0.15, 0.2) is 49.1 Å². The fourth-order valence-corrected chi connectivity index (χ4v) is 5.48. The molecule has 2 aromatic carbocycles. The summed E-state index contributed by atoms with van der Waals surface area (Å²) in [4.78, 5) is 42.0. The van der Waals surface area contributed by atoms with E-state index in [1.165, 1.54) is 11.0 Å². The van der Waals surface area contributed by atoms with E-state index in [9.17, 15) is 14.4 Å². The number of aliphatic carboxylic acids is 1. The van der Waals surface area contributed by atoms with Gasteiger partial charge in [-0.3, -0.25) is 9.59 Å². The number of carboxylic acids is 1. The van der Waals surface area contributed by atoms with Gasteiger partial charge in [-0.15, -0.1) is 0 Å². The van der Waals surface area contributed by atoms with Gasteiger partial charge in [0.15, 0.2) is 12.5 Å². The van der Waals surface area contributed by atoms with E-state index in [0.29, 0.717) is 48.4 Å². The van der Waals surface area contributed by atoms with E-state index >= 15 is 0 Å². The molecule has 2 aromatic rings. The molecule has 0 bridgehead atoms. The summed E-state index contributed by atoms with van der Waals surface area (Å²) in [6.45, 7) is 6.16. The third-order valence-corrected chi connectivity index (χ3v) is 7.34. The number of ether oxygens (including phenoxy) is 4. The Morgan fingerprint density at radius 1 is 1.20 bits per heavy atom. The molecule has 3 atom stereocenters. The number of carbonyl (C=O) groups excluding carboxylic acids is 2. The first-order valence-corrected chi connectivity index (χ1v) is 13.6. The van der Waals surface area contributed by atoms with Crippen LogP contribution in [0.25, 0.3) is 0 Å². The van der Waals surface area contributed by atoms with Crippen LogP contribution in [0.1, 0.15) is 53.6 Å². The molecule has 2 amide bonds. The molecule has 0 aliphatic carbocycles. The van der Waals surface area contributed by atoms with Gasteiger partial charge in [-0.25, -0.2) is 9.69 Å². The summed E-state index contributed by atoms with van der Waals surface area (Å²) in [5, 5.41) is 8.98. The first kappa shape index (κ1) is 27.7. The smallest absolute Gasteiger partial charge is 0.416 e. The highest BCUT2D eigenvalue weighted by atomic mass is 16.7. The van der Waals surface area contributed by atoms with Crippen molar-refractivity contribution in [3.05, 3.63) is 65.7 Å². The lowest BCUT2D eigenvalue weighted by atomic mass is 10.1. The monoisotopic (exact) mass is 550 g/mol. The van der Waals surface area contributed by atoms with Crippen molar-refractivity contribution < 1.29 is 38.4 Å². The number of benzene rings is 2. The summed E-state index contributed by atoms with van der Waals surface area (Å²) in [5.74, 6) is -0.731. The second-order valence-electron chi connectivity index (χ2n) is 10.1. The van der Waals surface area contributed by atoms with Crippen molar-refractivity contribution in [2.24, 2.45) is 0 Å². The summed E-state index contributed by atoms with van der Waals surface area (Å²) in [6, 6.07) is 10.5. The minimum atomic E-state index is -0.916. The quantitative estimate of drug-likeness (QED) is 0.349. The molecule has 3 heterocycles. The molecule has 1 saturated heterocycles. The van der Waals surface area contributed by atoms with Gasteiger partial charge in [0.25, 0.3) is 5.91 Å². The van der Waals surface area contributed by atoms with Gasteiger partial charge in [0.2, 0.25) is 0 Å². The normalized spacial score (nSPS) is 21.6. The Morgan fingerprint density at radius 2 is 2.02 bits per heavy atom. The van der Waals surface area contributed by atoms with Crippen molar-refractivity contribution in [1.82, 2.24) is 0 Å². The van der Waals surface area contributed by atoms with Gasteiger partial charge in [0.05, 0.1) is 23.9 Å². The Labute approximate surface area is 233 Å². The summed E-state index contributed by atoms with van der Waals surface area (Å²) >= 11 is 0. The first-order valence-electron chi connectivity index (χ1n) is 13.6. The minimum absolute atomic E-state index is 0.0235. The highest BCUT2D eigenvalue weighted by Crippen LogP contribution is 2.43. The molecule has 0 saturated carbocycles. The average Bonchev–Trinajstić information content (AvgIpc) is 3.30. The number of hydrogen-bond donors (Lipinski definition) is 1. The SMILES string of the molecule is C=CCOC(=O)N1c2cc(OCCCC(=O)O)c(C)cc2C(=O)N2c3ccccc3C[C@H]2C1OC1CCCCO1. The van der Waals surface area contributed by atoms with Crippen LogP contribution in [0, 0.1) is 6.92 Å². The van der Waals surface area contributed by atoms with E-state index in [-0.39, 0.29) is 25.5 Å². The maximum atomic E-state index is 14.2. The number of rotatable bonds is 9. The first-order chi connectivity index (χ1) is 19.4. The Kier molecular flexibility index (Phi) is 8.37. The molecule has 1 fully saturated rings. The van der Waals surface area contributed by atoms with Crippen LogP contribution >= 0.6 is 0 Å². The zero-order valence-corrected chi connectivity index (χ0v) is 22.5. The van der Waals surface area contributed by atoms with E-state index in [4.69, 9.17) is 24.1 Å². The molecule has 1 N–H and O–H groups in total. The summed E-state index contributed by atoms with van der Waals surface area (Å²) in [7, 11) is 0. The number of amides is 2. The predicted octanol–water partition coefficient (Wildman–Crippen LogP) is 4.82. The van der Waals surface area contributed by atoms with E-state index in [1.54, 1.807) is 17.0 Å². The van der Waals surface area contributed by atoms with Crippen molar-refractivity contribution in [1.29, 1.82) is 0 Å². The lowest BCUT2D eigenvalue weighted by molar-refractivity contribution is -0.190. The molecule has 40 heavy (non-hydrogen) atoms. The van der Waals surface area contributed by atoms with Crippen molar-refractivity contribution in [2.75, 3.05) is 29.6 Å². The van der Waals surface area contributed by atoms with Crippen LogP contribution in [-0.2, 0) is 25.4 Å². The summed E-state index contributed by atoms with van der Waals surface area (Å²) < 4.78 is 23.9. The van der Waals surface area contributed by atoms with Crippen molar-refractivity contribution in [3.8, 4) is 5.75 Å². The van der Waals surface area contributed by atoms with Crippen molar-refractivity contribution in [2.45, 2.75) is 64.0 Å². The molecule has 0 aromatic heterocycles. The Balaban J connectivity index is 1.61. The third kappa shape index (κ3) is 5.55. The number of para-hydroxylation sites is 1. The second kappa shape index (κ2) is 12.1. The Hall–Kier alpha value is -3.89. The molecular formula is C30H34N2O8. The number of nitrogens with zero attached hydrogens (tertiary/aromatic N) is 2.